The van der Waals surface area contributed by atoms with Crippen LogP contribution >= 0.6 is 0 Å². The molecule has 0 unspecified atom stereocenters. The molecule has 114 valence electrons. The molecule has 0 N–H and O–H groups in total. The Morgan fingerprint density at radius 1 is 1.19 bits per heavy atom. The van der Waals surface area contributed by atoms with Crippen LogP contribution in [-0.2, 0) is 9.31 Å². The molecule has 1 heterocycles. The van der Waals surface area contributed by atoms with Gasteiger partial charge in [0.2, 0.25) is 0 Å². The monoisotopic (exact) mass is 292 g/mol. The highest BCUT2D eigenvalue weighted by Gasteiger charge is 2.51. The predicted molar refractivity (Wildman–Crippen MR) is 80.3 cm³/mol. The molecular weight excluding hydrogens is 270 g/mol. The maximum Gasteiger partial charge on any atom is 0.494 e. The van der Waals surface area contributed by atoms with Gasteiger partial charge in [0.05, 0.1) is 17.8 Å². The average molecular weight is 292 g/mol. The third kappa shape index (κ3) is 2.95. The van der Waals surface area contributed by atoms with E-state index in [0.717, 1.165) is 5.46 Å². The van der Waals surface area contributed by atoms with Gasteiger partial charge in [0.15, 0.2) is 11.6 Å². The largest absolute Gasteiger partial charge is 0.494 e. The molecule has 2 fully saturated rings. The van der Waals surface area contributed by atoms with E-state index in [9.17, 15) is 4.39 Å². The van der Waals surface area contributed by atoms with Crippen molar-refractivity contribution in [3.8, 4) is 5.75 Å². The summed E-state index contributed by atoms with van der Waals surface area (Å²) in [6.45, 7) is 8.59. The Labute approximate surface area is 125 Å². The van der Waals surface area contributed by atoms with Crippen LogP contribution in [0.1, 0.15) is 40.5 Å². The van der Waals surface area contributed by atoms with Crippen molar-refractivity contribution in [2.24, 2.45) is 5.92 Å². The summed E-state index contributed by atoms with van der Waals surface area (Å²) >= 11 is 0. The van der Waals surface area contributed by atoms with Crippen LogP contribution in [0.4, 0.5) is 4.39 Å². The smallest absolute Gasteiger partial charge is 0.490 e. The van der Waals surface area contributed by atoms with Crippen LogP contribution in [0.5, 0.6) is 5.75 Å². The van der Waals surface area contributed by atoms with Gasteiger partial charge in [-0.2, -0.15) is 0 Å². The molecule has 3 nitrogen and oxygen atoms in total. The molecular formula is C16H22BFO3. The van der Waals surface area contributed by atoms with Gasteiger partial charge in [0, 0.05) is 0 Å². The number of halogens is 1. The van der Waals surface area contributed by atoms with Gasteiger partial charge in [-0.1, -0.05) is 6.07 Å². The second kappa shape index (κ2) is 4.99. The van der Waals surface area contributed by atoms with E-state index in [2.05, 4.69) is 0 Å². The Hall–Kier alpha value is -1.07. The first-order valence-corrected chi connectivity index (χ1v) is 7.56. The second-order valence-electron chi connectivity index (χ2n) is 7.03. The fourth-order valence-electron chi connectivity index (χ4n) is 2.25. The molecule has 1 saturated carbocycles. The molecule has 21 heavy (non-hydrogen) atoms. The first kappa shape index (κ1) is 14.9. The molecule has 0 amide bonds. The van der Waals surface area contributed by atoms with Crippen LogP contribution in [0.2, 0.25) is 0 Å². The number of ether oxygens (including phenoxy) is 1. The summed E-state index contributed by atoms with van der Waals surface area (Å²) in [5.74, 6) is 0.537. The van der Waals surface area contributed by atoms with Crippen LogP contribution in [0.25, 0.3) is 0 Å². The summed E-state index contributed by atoms with van der Waals surface area (Å²) < 4.78 is 31.4. The van der Waals surface area contributed by atoms with E-state index in [4.69, 9.17) is 14.0 Å². The van der Waals surface area contributed by atoms with Gasteiger partial charge in [-0.25, -0.2) is 4.39 Å². The molecule has 0 bridgehead atoms. The Bertz CT molecular complexity index is 524. The third-order valence-electron chi connectivity index (χ3n) is 4.65. The molecule has 0 atom stereocenters. The van der Waals surface area contributed by atoms with Crippen molar-refractivity contribution in [3.05, 3.63) is 24.0 Å². The number of benzene rings is 1. The Balaban J connectivity index is 1.78. The molecule has 0 spiro atoms. The van der Waals surface area contributed by atoms with Crippen molar-refractivity contribution in [2.75, 3.05) is 6.61 Å². The zero-order valence-corrected chi connectivity index (χ0v) is 13.1. The normalized spacial score (nSPS) is 23.4. The maximum absolute atomic E-state index is 13.8. The summed E-state index contributed by atoms with van der Waals surface area (Å²) in [6, 6.07) is 4.81. The molecule has 3 rings (SSSR count). The molecule has 1 aliphatic heterocycles. The highest BCUT2D eigenvalue weighted by atomic mass is 19.1. The highest BCUT2D eigenvalue weighted by Crippen LogP contribution is 2.37. The first-order chi connectivity index (χ1) is 9.78. The minimum absolute atomic E-state index is 0.286. The van der Waals surface area contributed by atoms with Crippen LogP contribution < -0.4 is 10.2 Å². The molecule has 1 saturated heterocycles. The topological polar surface area (TPSA) is 27.7 Å². The van der Waals surface area contributed by atoms with E-state index in [1.807, 2.05) is 27.7 Å². The van der Waals surface area contributed by atoms with Gasteiger partial charge < -0.3 is 14.0 Å². The number of hydrogen-bond acceptors (Lipinski definition) is 3. The number of hydrogen-bond donors (Lipinski definition) is 0. The molecule has 0 radical (unpaired) electrons. The van der Waals surface area contributed by atoms with Crippen molar-refractivity contribution in [1.29, 1.82) is 0 Å². The van der Waals surface area contributed by atoms with Crippen LogP contribution in [0.3, 0.4) is 0 Å². The summed E-state index contributed by atoms with van der Waals surface area (Å²) in [6.07, 6.45) is 2.36. The third-order valence-corrected chi connectivity index (χ3v) is 4.65. The quantitative estimate of drug-likeness (QED) is 0.799. The summed E-state index contributed by atoms with van der Waals surface area (Å²) in [7, 11) is -0.487. The first-order valence-electron chi connectivity index (χ1n) is 7.56. The highest BCUT2D eigenvalue weighted by molar-refractivity contribution is 6.62. The van der Waals surface area contributed by atoms with E-state index < -0.39 is 18.3 Å². The Morgan fingerprint density at radius 3 is 2.38 bits per heavy atom. The van der Waals surface area contributed by atoms with E-state index in [1.165, 1.54) is 18.9 Å². The molecule has 1 aromatic carbocycles. The van der Waals surface area contributed by atoms with Crippen molar-refractivity contribution >= 4 is 12.6 Å². The van der Waals surface area contributed by atoms with E-state index in [-0.39, 0.29) is 11.6 Å². The van der Waals surface area contributed by atoms with Gasteiger partial charge in [0.25, 0.3) is 0 Å². The second-order valence-corrected chi connectivity index (χ2v) is 7.03. The minimum Gasteiger partial charge on any atom is -0.490 e. The van der Waals surface area contributed by atoms with Crippen LogP contribution in [0.15, 0.2) is 18.2 Å². The lowest BCUT2D eigenvalue weighted by Crippen LogP contribution is -2.41. The zero-order valence-electron chi connectivity index (χ0n) is 13.1. The van der Waals surface area contributed by atoms with Gasteiger partial charge >= 0.3 is 7.12 Å². The average Bonchev–Trinajstić information content (AvgIpc) is 3.16. The molecule has 1 aromatic rings. The van der Waals surface area contributed by atoms with E-state index in [0.29, 0.717) is 12.5 Å². The van der Waals surface area contributed by atoms with Crippen molar-refractivity contribution in [1.82, 2.24) is 0 Å². The Kier molecular flexibility index (Phi) is 3.53. The number of rotatable bonds is 4. The van der Waals surface area contributed by atoms with Gasteiger partial charge in [-0.15, -0.1) is 0 Å². The molecule has 2 aliphatic rings. The van der Waals surface area contributed by atoms with Gasteiger partial charge in [0.1, 0.15) is 0 Å². The van der Waals surface area contributed by atoms with Crippen molar-refractivity contribution in [3.63, 3.8) is 0 Å². The molecule has 1 aliphatic carbocycles. The van der Waals surface area contributed by atoms with E-state index in [1.54, 1.807) is 12.1 Å². The van der Waals surface area contributed by atoms with Crippen molar-refractivity contribution < 1.29 is 18.4 Å². The zero-order chi connectivity index (χ0) is 15.3. The maximum atomic E-state index is 13.8. The lowest BCUT2D eigenvalue weighted by Gasteiger charge is -2.32. The van der Waals surface area contributed by atoms with E-state index >= 15 is 0 Å². The molecule has 5 heteroatoms. The lowest BCUT2D eigenvalue weighted by molar-refractivity contribution is 0.00578. The standard InChI is InChI=1S/C16H22BFO3/c1-15(2)16(3,4)21-17(20-15)12-7-8-13(18)14(9-12)19-10-11-5-6-11/h7-9,11H,5-6,10H2,1-4H3. The summed E-state index contributed by atoms with van der Waals surface area (Å²) in [5.41, 5.74) is -0.0110. The van der Waals surface area contributed by atoms with Crippen LogP contribution in [-0.4, -0.2) is 24.9 Å². The summed E-state index contributed by atoms with van der Waals surface area (Å²) in [5, 5.41) is 0. The van der Waals surface area contributed by atoms with Gasteiger partial charge in [-0.05, 0) is 64.1 Å². The Morgan fingerprint density at radius 2 is 1.81 bits per heavy atom. The SMILES string of the molecule is CC1(C)OB(c2ccc(F)c(OCC3CC3)c2)OC1(C)C. The van der Waals surface area contributed by atoms with Crippen molar-refractivity contribution in [2.45, 2.75) is 51.7 Å². The van der Waals surface area contributed by atoms with Crippen LogP contribution in [0, 0.1) is 11.7 Å². The minimum atomic E-state index is -0.487. The fraction of sp³-hybridized carbons (Fsp3) is 0.625. The molecule has 0 aromatic heterocycles. The lowest BCUT2D eigenvalue weighted by atomic mass is 9.79. The van der Waals surface area contributed by atoms with Gasteiger partial charge in [-0.3, -0.25) is 0 Å². The summed E-state index contributed by atoms with van der Waals surface area (Å²) in [4.78, 5) is 0. The predicted octanol–water partition coefficient (Wildman–Crippen LogP) is 2.91. The fourth-order valence-corrected chi connectivity index (χ4v) is 2.25.